The van der Waals surface area contributed by atoms with Crippen LogP contribution in [0.3, 0.4) is 0 Å². The van der Waals surface area contributed by atoms with Crippen LogP contribution in [0.2, 0.25) is 0 Å². The fourth-order valence-electron chi connectivity index (χ4n) is 4.69. The van der Waals surface area contributed by atoms with E-state index >= 15 is 0 Å². The van der Waals surface area contributed by atoms with E-state index in [-0.39, 0.29) is 24.0 Å². The van der Waals surface area contributed by atoms with E-state index in [4.69, 9.17) is 4.74 Å². The SMILES string of the molecule is CN=C(NCC1(CCOC)CCC1)N1CC2CCCCC2C1.I. The van der Waals surface area contributed by atoms with Gasteiger partial charge in [0.1, 0.15) is 0 Å². The molecule has 0 spiro atoms. The Hall–Kier alpha value is -0.0400. The number of hydrogen-bond acceptors (Lipinski definition) is 2. The molecule has 0 bridgehead atoms. The van der Waals surface area contributed by atoms with Crippen LogP contribution in [0.15, 0.2) is 4.99 Å². The highest BCUT2D eigenvalue weighted by Gasteiger charge is 2.38. The largest absolute Gasteiger partial charge is 0.385 e. The van der Waals surface area contributed by atoms with Gasteiger partial charge in [0.05, 0.1) is 0 Å². The van der Waals surface area contributed by atoms with Gasteiger partial charge in [-0.05, 0) is 49.4 Å². The molecule has 0 aromatic carbocycles. The van der Waals surface area contributed by atoms with Gasteiger partial charge < -0.3 is 15.0 Å². The molecule has 2 unspecified atom stereocenters. The Morgan fingerprint density at radius 3 is 2.30 bits per heavy atom. The van der Waals surface area contributed by atoms with Gasteiger partial charge in [0.2, 0.25) is 0 Å². The number of halogens is 1. The van der Waals surface area contributed by atoms with Crippen molar-refractivity contribution < 1.29 is 4.74 Å². The minimum atomic E-state index is 0. The van der Waals surface area contributed by atoms with Crippen LogP contribution in [0, 0.1) is 17.3 Å². The number of fused-ring (bicyclic) bond motifs is 1. The van der Waals surface area contributed by atoms with Crippen LogP contribution in [0.25, 0.3) is 0 Å². The predicted octanol–water partition coefficient (Wildman–Crippen LogP) is 3.51. The summed E-state index contributed by atoms with van der Waals surface area (Å²) in [6.45, 7) is 4.38. The molecule has 1 N–H and O–H groups in total. The lowest BCUT2D eigenvalue weighted by molar-refractivity contribution is 0.0727. The molecule has 3 rings (SSSR count). The Balaban J connectivity index is 0.00000192. The van der Waals surface area contributed by atoms with Crippen molar-refractivity contribution in [3.63, 3.8) is 0 Å². The van der Waals surface area contributed by atoms with Crippen LogP contribution in [-0.2, 0) is 4.74 Å². The number of aliphatic imine (C=N–C) groups is 1. The zero-order chi connectivity index (χ0) is 15.4. The molecule has 3 fully saturated rings. The lowest BCUT2D eigenvalue weighted by atomic mass is 9.67. The Bertz CT molecular complexity index is 384. The molecule has 1 saturated heterocycles. The summed E-state index contributed by atoms with van der Waals surface area (Å²) in [7, 11) is 3.75. The van der Waals surface area contributed by atoms with Crippen molar-refractivity contribution in [2.24, 2.45) is 22.2 Å². The van der Waals surface area contributed by atoms with Gasteiger partial charge in [0.25, 0.3) is 0 Å². The molecule has 0 amide bonds. The molecule has 2 saturated carbocycles. The van der Waals surface area contributed by atoms with Gasteiger partial charge in [-0.15, -0.1) is 24.0 Å². The number of likely N-dealkylation sites (tertiary alicyclic amines) is 1. The molecule has 5 heteroatoms. The first-order valence-electron chi connectivity index (χ1n) is 9.21. The molecular weight excluding hydrogens is 401 g/mol. The first-order chi connectivity index (χ1) is 10.8. The lowest BCUT2D eigenvalue weighted by Crippen LogP contribution is -2.48. The number of nitrogens with zero attached hydrogens (tertiary/aromatic N) is 2. The molecule has 0 aromatic heterocycles. The van der Waals surface area contributed by atoms with E-state index in [1.165, 1.54) is 64.5 Å². The summed E-state index contributed by atoms with van der Waals surface area (Å²) in [6.07, 6.45) is 10.9. The Morgan fingerprint density at radius 2 is 1.83 bits per heavy atom. The van der Waals surface area contributed by atoms with Crippen LogP contribution >= 0.6 is 24.0 Å². The smallest absolute Gasteiger partial charge is 0.193 e. The van der Waals surface area contributed by atoms with Gasteiger partial charge >= 0.3 is 0 Å². The summed E-state index contributed by atoms with van der Waals surface area (Å²) in [5, 5.41) is 3.69. The average Bonchev–Trinajstić information content (AvgIpc) is 2.93. The third-order valence-electron chi connectivity index (χ3n) is 6.36. The van der Waals surface area contributed by atoms with E-state index in [1.54, 1.807) is 0 Å². The topological polar surface area (TPSA) is 36.9 Å². The number of methoxy groups -OCH3 is 1. The molecule has 3 aliphatic rings. The Morgan fingerprint density at radius 1 is 1.17 bits per heavy atom. The van der Waals surface area contributed by atoms with E-state index in [1.807, 2.05) is 14.2 Å². The van der Waals surface area contributed by atoms with E-state index in [0.29, 0.717) is 5.41 Å². The summed E-state index contributed by atoms with van der Waals surface area (Å²) >= 11 is 0. The highest BCUT2D eigenvalue weighted by molar-refractivity contribution is 14.0. The van der Waals surface area contributed by atoms with Crippen molar-refractivity contribution >= 4 is 29.9 Å². The van der Waals surface area contributed by atoms with E-state index in [2.05, 4.69) is 15.2 Å². The second-order valence-electron chi connectivity index (χ2n) is 7.71. The van der Waals surface area contributed by atoms with Crippen molar-refractivity contribution in [3.8, 4) is 0 Å². The third-order valence-corrected chi connectivity index (χ3v) is 6.36. The van der Waals surface area contributed by atoms with E-state index in [9.17, 15) is 0 Å². The van der Waals surface area contributed by atoms with Crippen LogP contribution in [-0.4, -0.2) is 51.3 Å². The van der Waals surface area contributed by atoms with Crippen molar-refractivity contribution in [1.82, 2.24) is 10.2 Å². The molecule has 1 aliphatic heterocycles. The van der Waals surface area contributed by atoms with Gasteiger partial charge in [-0.3, -0.25) is 4.99 Å². The first-order valence-corrected chi connectivity index (χ1v) is 9.21. The number of guanidine groups is 1. The van der Waals surface area contributed by atoms with E-state index in [0.717, 1.165) is 30.9 Å². The average molecular weight is 435 g/mol. The molecule has 23 heavy (non-hydrogen) atoms. The second kappa shape index (κ2) is 8.88. The number of nitrogens with one attached hydrogen (secondary N) is 1. The monoisotopic (exact) mass is 435 g/mol. The van der Waals surface area contributed by atoms with Gasteiger partial charge in [-0.25, -0.2) is 0 Å². The molecule has 2 aliphatic carbocycles. The molecular formula is C18H34IN3O. The van der Waals surface area contributed by atoms with Gasteiger partial charge in [0, 0.05) is 40.4 Å². The molecule has 0 radical (unpaired) electrons. The van der Waals surface area contributed by atoms with Crippen LogP contribution in [0.1, 0.15) is 51.4 Å². The second-order valence-corrected chi connectivity index (χ2v) is 7.71. The summed E-state index contributed by atoms with van der Waals surface area (Å²) in [4.78, 5) is 7.09. The molecule has 2 atom stereocenters. The summed E-state index contributed by atoms with van der Waals surface area (Å²) in [5.41, 5.74) is 0.457. The normalized spacial score (nSPS) is 29.5. The summed E-state index contributed by atoms with van der Waals surface area (Å²) < 4.78 is 5.30. The lowest BCUT2D eigenvalue weighted by Gasteiger charge is -2.42. The fourth-order valence-corrected chi connectivity index (χ4v) is 4.69. The molecule has 0 aromatic rings. The standard InChI is InChI=1S/C18H33N3O.HI/c1-19-17(20-14-18(8-5-9-18)10-11-22-2)21-12-15-6-3-4-7-16(15)13-21;/h15-16H,3-14H2,1-2H3,(H,19,20);1H. The summed E-state index contributed by atoms with van der Waals surface area (Å²) in [6, 6.07) is 0. The highest BCUT2D eigenvalue weighted by atomic mass is 127. The molecule has 134 valence electrons. The third kappa shape index (κ3) is 4.53. The van der Waals surface area contributed by atoms with Crippen molar-refractivity contribution in [3.05, 3.63) is 0 Å². The molecule has 4 nitrogen and oxygen atoms in total. The maximum absolute atomic E-state index is 5.30. The quantitative estimate of drug-likeness (QED) is 0.408. The number of ether oxygens (including phenoxy) is 1. The fraction of sp³-hybridized carbons (Fsp3) is 0.944. The van der Waals surface area contributed by atoms with E-state index < -0.39 is 0 Å². The first kappa shape index (κ1) is 19.3. The van der Waals surface area contributed by atoms with Crippen molar-refractivity contribution in [2.75, 3.05) is 40.4 Å². The van der Waals surface area contributed by atoms with Crippen LogP contribution < -0.4 is 5.32 Å². The van der Waals surface area contributed by atoms with Gasteiger partial charge in [-0.1, -0.05) is 19.3 Å². The van der Waals surface area contributed by atoms with Gasteiger partial charge in [0.15, 0.2) is 5.96 Å². The summed E-state index contributed by atoms with van der Waals surface area (Å²) in [5.74, 6) is 2.97. The maximum atomic E-state index is 5.30. The Kier molecular flexibility index (Phi) is 7.45. The van der Waals surface area contributed by atoms with Crippen LogP contribution in [0.4, 0.5) is 0 Å². The highest BCUT2D eigenvalue weighted by Crippen LogP contribution is 2.43. The zero-order valence-electron chi connectivity index (χ0n) is 14.9. The Labute approximate surface area is 158 Å². The predicted molar refractivity (Wildman–Crippen MR) is 107 cm³/mol. The molecule has 1 heterocycles. The zero-order valence-corrected chi connectivity index (χ0v) is 17.2. The number of hydrogen-bond donors (Lipinski definition) is 1. The minimum absolute atomic E-state index is 0. The number of rotatable bonds is 5. The van der Waals surface area contributed by atoms with Gasteiger partial charge in [-0.2, -0.15) is 0 Å². The van der Waals surface area contributed by atoms with Crippen LogP contribution in [0.5, 0.6) is 0 Å². The van der Waals surface area contributed by atoms with Crippen molar-refractivity contribution in [1.29, 1.82) is 0 Å². The van der Waals surface area contributed by atoms with Crippen molar-refractivity contribution in [2.45, 2.75) is 51.4 Å². The minimum Gasteiger partial charge on any atom is -0.385 e. The maximum Gasteiger partial charge on any atom is 0.193 e.